The van der Waals surface area contributed by atoms with Crippen molar-refractivity contribution in [2.24, 2.45) is 11.3 Å². The van der Waals surface area contributed by atoms with Gasteiger partial charge < -0.3 is 39.5 Å². The number of likely N-dealkylation sites (N-methyl/N-ethyl adjacent to an activating group) is 1. The molecule has 2 aromatic rings. The summed E-state index contributed by atoms with van der Waals surface area (Å²) < 4.78 is 17.8. The first-order chi connectivity index (χ1) is 26.4. The SMILES string of the molecule is CCC1(O)CC2CN(CCC3c4ccccc4NC3C(C(=O)OC)(c3cc4c(cc3OC)N(C)C3C(O)(C(=O)OC)CC5(CC)C=CCN6CCC43C65)C2)C1. The third-order valence-electron chi connectivity index (χ3n) is 15.7. The van der Waals surface area contributed by atoms with Crippen LogP contribution in [0.15, 0.2) is 48.6 Å². The van der Waals surface area contributed by atoms with Crippen LogP contribution < -0.4 is 15.0 Å². The zero-order valence-corrected chi connectivity index (χ0v) is 33.3. The van der Waals surface area contributed by atoms with Crippen molar-refractivity contribution < 1.29 is 34.0 Å². The first-order valence-electron chi connectivity index (χ1n) is 20.5. The van der Waals surface area contributed by atoms with Crippen LogP contribution in [0.25, 0.3) is 0 Å². The summed E-state index contributed by atoms with van der Waals surface area (Å²) in [5, 5.41) is 28.7. The van der Waals surface area contributed by atoms with Gasteiger partial charge in [0.05, 0.1) is 39.0 Å². The van der Waals surface area contributed by atoms with Gasteiger partial charge >= 0.3 is 11.9 Å². The van der Waals surface area contributed by atoms with Crippen LogP contribution in [0.5, 0.6) is 5.75 Å². The van der Waals surface area contributed by atoms with Gasteiger partial charge in [0, 0.05) is 72.5 Å². The van der Waals surface area contributed by atoms with Gasteiger partial charge in [-0.05, 0) is 87.2 Å². The van der Waals surface area contributed by atoms with Crippen LogP contribution in [0.3, 0.4) is 0 Å². The molecule has 296 valence electrons. The van der Waals surface area contributed by atoms with Gasteiger partial charge in [-0.1, -0.05) is 44.2 Å². The van der Waals surface area contributed by atoms with Gasteiger partial charge in [-0.3, -0.25) is 9.69 Å². The summed E-state index contributed by atoms with van der Waals surface area (Å²) in [5.74, 6) is -0.399. The number of hydrogen-bond acceptors (Lipinski definition) is 11. The zero-order valence-electron chi connectivity index (χ0n) is 33.3. The Balaban J connectivity index is 1.32. The Morgan fingerprint density at radius 2 is 1.75 bits per heavy atom. The Morgan fingerprint density at radius 1 is 0.964 bits per heavy atom. The van der Waals surface area contributed by atoms with Crippen LogP contribution in [0.4, 0.5) is 11.4 Å². The number of nitrogens with one attached hydrogen (secondary N) is 1. The standard InChI is InChI=1S/C44H58N4O7/c1-7-40-15-11-17-48-19-16-42(36(40)48)30-20-31(34(53-4)21-33(30)46(3)37(42)44(52,25-40)39(50)55-6)43(38(49)54-5)23-27-22-41(51,8-2)26-47(24-27)18-14-29-28-12-9-10-13-32(28)45-35(29)43/h9-13,15,20-21,27,29,35-37,45,51-52H,7-8,14,16-19,22-26H2,1-6H3. The Hall–Kier alpha value is -3.64. The number of esters is 2. The number of piperidine rings is 1. The highest BCUT2D eigenvalue weighted by atomic mass is 16.5. The molecule has 6 heterocycles. The fourth-order valence-electron chi connectivity index (χ4n) is 13.7. The molecular weight excluding hydrogens is 697 g/mol. The van der Waals surface area contributed by atoms with E-state index in [-0.39, 0.29) is 36.3 Å². The number of methoxy groups -OCH3 is 3. The third kappa shape index (κ3) is 4.82. The lowest BCUT2D eigenvalue weighted by atomic mass is 9.49. The van der Waals surface area contributed by atoms with Crippen molar-refractivity contribution in [2.45, 2.75) is 105 Å². The molecule has 55 heavy (non-hydrogen) atoms. The molecule has 0 radical (unpaired) electrons. The van der Waals surface area contributed by atoms with Crippen molar-refractivity contribution >= 4 is 23.3 Å². The first kappa shape index (κ1) is 37.0. The molecule has 6 aliphatic heterocycles. The summed E-state index contributed by atoms with van der Waals surface area (Å²) in [7, 11) is 6.50. The molecule has 11 nitrogen and oxygen atoms in total. The van der Waals surface area contributed by atoms with Gasteiger partial charge in [-0.25, -0.2) is 4.79 Å². The van der Waals surface area contributed by atoms with Crippen LogP contribution in [-0.4, -0.2) is 122 Å². The van der Waals surface area contributed by atoms with E-state index >= 15 is 4.79 Å². The molecule has 3 saturated heterocycles. The molecule has 9 rings (SSSR count). The number of hydrogen-bond donors (Lipinski definition) is 3. The largest absolute Gasteiger partial charge is 0.496 e. The summed E-state index contributed by atoms with van der Waals surface area (Å²) in [6.45, 7) is 8.03. The lowest BCUT2D eigenvalue weighted by molar-refractivity contribution is -0.181. The topological polar surface area (TPSA) is 124 Å². The average Bonchev–Trinajstić information content (AvgIpc) is 3.85. The third-order valence-corrected chi connectivity index (χ3v) is 15.7. The fraction of sp³-hybridized carbons (Fsp3) is 0.636. The highest BCUT2D eigenvalue weighted by Gasteiger charge is 2.75. The van der Waals surface area contributed by atoms with E-state index in [4.69, 9.17) is 14.2 Å². The molecular formula is C44H58N4O7. The maximum absolute atomic E-state index is 15.3. The van der Waals surface area contributed by atoms with E-state index in [0.717, 1.165) is 67.9 Å². The molecule has 2 bridgehead atoms. The van der Waals surface area contributed by atoms with Crippen molar-refractivity contribution in [3.05, 3.63) is 65.2 Å². The summed E-state index contributed by atoms with van der Waals surface area (Å²) in [6, 6.07) is 11.7. The number of rotatable bonds is 6. The number of para-hydroxylation sites is 1. The molecule has 7 aliphatic rings. The Labute approximate surface area is 325 Å². The van der Waals surface area contributed by atoms with E-state index in [2.05, 4.69) is 70.3 Å². The van der Waals surface area contributed by atoms with Crippen molar-refractivity contribution in [1.29, 1.82) is 0 Å². The number of anilines is 2. The minimum Gasteiger partial charge on any atom is -0.496 e. The van der Waals surface area contributed by atoms with Crippen molar-refractivity contribution in [3.8, 4) is 5.75 Å². The first-order valence-corrected chi connectivity index (χ1v) is 20.5. The van der Waals surface area contributed by atoms with Gasteiger partial charge in [-0.2, -0.15) is 0 Å². The molecule has 1 aliphatic carbocycles. The molecule has 0 aromatic heterocycles. The monoisotopic (exact) mass is 754 g/mol. The smallest absolute Gasteiger partial charge is 0.340 e. The van der Waals surface area contributed by atoms with Gasteiger partial charge in [0.2, 0.25) is 0 Å². The van der Waals surface area contributed by atoms with E-state index in [0.29, 0.717) is 31.6 Å². The highest BCUT2D eigenvalue weighted by molar-refractivity contribution is 5.90. The number of nitrogens with zero attached hydrogens (tertiary/aromatic N) is 3. The lowest BCUT2D eigenvalue weighted by Crippen LogP contribution is -2.74. The second kappa shape index (κ2) is 12.7. The number of ether oxygens (including phenoxy) is 3. The van der Waals surface area contributed by atoms with Gasteiger partial charge in [-0.15, -0.1) is 0 Å². The van der Waals surface area contributed by atoms with Gasteiger partial charge in [0.15, 0.2) is 5.60 Å². The van der Waals surface area contributed by atoms with Crippen LogP contribution in [0.1, 0.15) is 81.4 Å². The number of carbonyl (C=O) groups is 2. The highest BCUT2D eigenvalue weighted by Crippen LogP contribution is 2.68. The zero-order chi connectivity index (χ0) is 38.7. The Morgan fingerprint density at radius 3 is 2.47 bits per heavy atom. The van der Waals surface area contributed by atoms with Crippen molar-refractivity contribution in [1.82, 2.24) is 9.80 Å². The molecule has 11 atom stereocenters. The van der Waals surface area contributed by atoms with E-state index in [1.54, 1.807) is 7.11 Å². The normalized spacial score (nSPS) is 41.0. The minimum atomic E-state index is -1.80. The maximum Gasteiger partial charge on any atom is 0.340 e. The quantitative estimate of drug-likeness (QED) is 0.288. The summed E-state index contributed by atoms with van der Waals surface area (Å²) in [5.41, 5.74) is -0.136. The predicted octanol–water partition coefficient (Wildman–Crippen LogP) is 4.35. The lowest BCUT2D eigenvalue weighted by Gasteiger charge is -2.60. The molecule has 0 amide bonds. The van der Waals surface area contributed by atoms with Crippen molar-refractivity contribution in [2.75, 3.05) is 71.3 Å². The van der Waals surface area contributed by atoms with E-state index in [1.165, 1.54) is 19.8 Å². The summed E-state index contributed by atoms with van der Waals surface area (Å²) in [4.78, 5) is 36.3. The second-order valence-electron chi connectivity index (χ2n) is 18.0. The van der Waals surface area contributed by atoms with Crippen LogP contribution in [0.2, 0.25) is 0 Å². The number of fused-ring (bicyclic) bond motifs is 6. The average molecular weight is 755 g/mol. The molecule has 11 unspecified atom stereocenters. The van der Waals surface area contributed by atoms with E-state index < -0.39 is 39.5 Å². The molecule has 1 spiro atoms. The van der Waals surface area contributed by atoms with Crippen LogP contribution in [0, 0.1) is 11.3 Å². The molecule has 2 aromatic carbocycles. The number of benzene rings is 2. The maximum atomic E-state index is 15.3. The molecule has 11 heteroatoms. The number of carbonyl (C=O) groups excluding carboxylic acids is 2. The molecule has 4 fully saturated rings. The fourth-order valence-corrected chi connectivity index (χ4v) is 13.7. The van der Waals surface area contributed by atoms with Gasteiger partial charge in [0.25, 0.3) is 0 Å². The summed E-state index contributed by atoms with van der Waals surface area (Å²) in [6.07, 6.45) is 8.66. The van der Waals surface area contributed by atoms with Gasteiger partial charge in [0.1, 0.15) is 11.2 Å². The summed E-state index contributed by atoms with van der Waals surface area (Å²) >= 11 is 0. The predicted molar refractivity (Wildman–Crippen MR) is 210 cm³/mol. The van der Waals surface area contributed by atoms with E-state index in [1.807, 2.05) is 19.2 Å². The van der Waals surface area contributed by atoms with Crippen LogP contribution in [-0.2, 0) is 29.9 Å². The molecule has 3 N–H and O–H groups in total. The number of aliphatic hydroxyl groups is 2. The second-order valence-corrected chi connectivity index (χ2v) is 18.0. The van der Waals surface area contributed by atoms with E-state index in [9.17, 15) is 15.0 Å². The molecule has 1 saturated carbocycles. The van der Waals surface area contributed by atoms with Crippen LogP contribution >= 0.6 is 0 Å². The Bertz CT molecular complexity index is 1940. The minimum absolute atomic E-state index is 0.00843. The Kier molecular flexibility index (Phi) is 8.52. The van der Waals surface area contributed by atoms with Crippen molar-refractivity contribution in [3.63, 3.8) is 0 Å².